The topological polar surface area (TPSA) is 99.4 Å². The number of aliphatic hydroxyl groups is 4. The molecule has 1 heterocycles. The molecule has 4 N–H and O–H groups in total. The van der Waals surface area contributed by atoms with Gasteiger partial charge >= 0.3 is 0 Å². The quantitative estimate of drug-likeness (QED) is 0.525. The van der Waals surface area contributed by atoms with Crippen LogP contribution in [0.25, 0.3) is 0 Å². The lowest BCUT2D eigenvalue weighted by Gasteiger charge is -2.39. The van der Waals surface area contributed by atoms with Crippen molar-refractivity contribution in [2.75, 3.05) is 13.2 Å². The van der Waals surface area contributed by atoms with Crippen LogP contribution in [0.1, 0.15) is 12.0 Å². The zero-order valence-corrected chi connectivity index (χ0v) is 11.7. The van der Waals surface area contributed by atoms with Gasteiger partial charge < -0.3 is 29.9 Å². The number of rotatable bonds is 6. The summed E-state index contributed by atoms with van der Waals surface area (Å²) in [5.74, 6) is 0. The van der Waals surface area contributed by atoms with Crippen molar-refractivity contribution >= 4 is 0 Å². The van der Waals surface area contributed by atoms with Crippen LogP contribution in [-0.2, 0) is 15.9 Å². The Hall–Kier alpha value is -1.02. The van der Waals surface area contributed by atoms with Gasteiger partial charge in [0.25, 0.3) is 0 Å². The van der Waals surface area contributed by atoms with E-state index in [4.69, 9.17) is 14.6 Å². The second-order valence-corrected chi connectivity index (χ2v) is 5.16. The molecule has 0 aliphatic carbocycles. The highest BCUT2D eigenvalue weighted by Crippen LogP contribution is 2.22. The summed E-state index contributed by atoms with van der Waals surface area (Å²) in [4.78, 5) is 0. The molecule has 0 amide bonds. The van der Waals surface area contributed by atoms with Crippen LogP contribution in [0.2, 0.25) is 0 Å². The Morgan fingerprint density at radius 2 is 1.71 bits per heavy atom. The Kier molecular flexibility index (Phi) is 6.10. The molecule has 21 heavy (non-hydrogen) atoms. The highest BCUT2D eigenvalue weighted by Gasteiger charge is 2.43. The van der Waals surface area contributed by atoms with Crippen molar-refractivity contribution in [2.45, 2.75) is 43.5 Å². The Labute approximate surface area is 123 Å². The standard InChI is InChI=1S/C15H22O6/c16-9-11-12(17)13(18)14(19)15(21-11)20-8-4-7-10-5-2-1-3-6-10/h1-3,5-6,11-19H,4,7-9H2/t11-,12+,13+,14-,15-/m1/s1. The van der Waals surface area contributed by atoms with E-state index in [-0.39, 0.29) is 0 Å². The zero-order chi connectivity index (χ0) is 15.2. The lowest BCUT2D eigenvalue weighted by atomic mass is 9.99. The normalized spacial score (nSPS) is 33.0. The van der Waals surface area contributed by atoms with Gasteiger partial charge in [-0.2, -0.15) is 0 Å². The summed E-state index contributed by atoms with van der Waals surface area (Å²) in [5, 5.41) is 38.1. The van der Waals surface area contributed by atoms with Crippen LogP contribution in [0.4, 0.5) is 0 Å². The fraction of sp³-hybridized carbons (Fsp3) is 0.600. The first kappa shape index (κ1) is 16.4. The molecule has 0 bridgehead atoms. The van der Waals surface area contributed by atoms with Crippen LogP contribution in [-0.4, -0.2) is 64.3 Å². The molecule has 1 aromatic rings. The first-order valence-corrected chi connectivity index (χ1v) is 7.09. The van der Waals surface area contributed by atoms with Gasteiger partial charge in [0.2, 0.25) is 0 Å². The van der Waals surface area contributed by atoms with Crippen LogP contribution in [0, 0.1) is 0 Å². The van der Waals surface area contributed by atoms with Crippen molar-refractivity contribution in [3.05, 3.63) is 35.9 Å². The molecule has 6 heteroatoms. The van der Waals surface area contributed by atoms with Gasteiger partial charge in [-0.15, -0.1) is 0 Å². The van der Waals surface area contributed by atoms with Crippen LogP contribution < -0.4 is 0 Å². The molecule has 118 valence electrons. The number of ether oxygens (including phenoxy) is 2. The second kappa shape index (κ2) is 7.84. The molecule has 1 fully saturated rings. The van der Waals surface area contributed by atoms with E-state index >= 15 is 0 Å². The molecule has 1 aromatic carbocycles. The van der Waals surface area contributed by atoms with Gasteiger partial charge in [0, 0.05) is 0 Å². The Balaban J connectivity index is 1.77. The zero-order valence-electron chi connectivity index (χ0n) is 11.7. The molecule has 1 saturated heterocycles. The van der Waals surface area contributed by atoms with Crippen molar-refractivity contribution in [1.82, 2.24) is 0 Å². The van der Waals surface area contributed by atoms with E-state index < -0.39 is 37.3 Å². The third kappa shape index (κ3) is 4.23. The van der Waals surface area contributed by atoms with Crippen molar-refractivity contribution in [1.29, 1.82) is 0 Å². The van der Waals surface area contributed by atoms with Crippen molar-refractivity contribution in [3.63, 3.8) is 0 Å². The van der Waals surface area contributed by atoms with E-state index in [1.54, 1.807) is 0 Å². The van der Waals surface area contributed by atoms with Gasteiger partial charge in [0.1, 0.15) is 24.4 Å². The van der Waals surface area contributed by atoms with E-state index in [2.05, 4.69) is 0 Å². The molecule has 1 aliphatic rings. The van der Waals surface area contributed by atoms with Crippen LogP contribution in [0.5, 0.6) is 0 Å². The summed E-state index contributed by atoms with van der Waals surface area (Å²) in [6, 6.07) is 9.93. The van der Waals surface area contributed by atoms with Gasteiger partial charge in [-0.1, -0.05) is 30.3 Å². The van der Waals surface area contributed by atoms with Crippen LogP contribution in [0.15, 0.2) is 30.3 Å². The molecule has 0 spiro atoms. The largest absolute Gasteiger partial charge is 0.394 e. The number of hydrogen-bond acceptors (Lipinski definition) is 6. The molecule has 0 unspecified atom stereocenters. The summed E-state index contributed by atoms with van der Waals surface area (Å²) in [6.45, 7) is -0.105. The van der Waals surface area contributed by atoms with Gasteiger partial charge in [0.15, 0.2) is 6.29 Å². The maximum Gasteiger partial charge on any atom is 0.186 e. The van der Waals surface area contributed by atoms with Gasteiger partial charge in [-0.3, -0.25) is 0 Å². The van der Waals surface area contributed by atoms with Crippen LogP contribution in [0.3, 0.4) is 0 Å². The Morgan fingerprint density at radius 3 is 2.38 bits per heavy atom. The highest BCUT2D eigenvalue weighted by atomic mass is 16.7. The molecule has 2 rings (SSSR count). The van der Waals surface area contributed by atoms with E-state index in [9.17, 15) is 15.3 Å². The fourth-order valence-corrected chi connectivity index (χ4v) is 2.33. The van der Waals surface area contributed by atoms with Crippen LogP contribution >= 0.6 is 0 Å². The molecule has 0 radical (unpaired) electrons. The maximum absolute atomic E-state index is 9.80. The highest BCUT2D eigenvalue weighted by molar-refractivity contribution is 5.14. The summed E-state index contributed by atoms with van der Waals surface area (Å²) in [6.07, 6.45) is -4.49. The predicted molar refractivity (Wildman–Crippen MR) is 74.5 cm³/mol. The van der Waals surface area contributed by atoms with Crippen molar-refractivity contribution < 1.29 is 29.9 Å². The third-order valence-electron chi connectivity index (χ3n) is 3.58. The van der Waals surface area contributed by atoms with Crippen molar-refractivity contribution in [2.24, 2.45) is 0 Å². The summed E-state index contributed by atoms with van der Waals surface area (Å²) in [7, 11) is 0. The lowest BCUT2D eigenvalue weighted by Crippen LogP contribution is -2.59. The SMILES string of the molecule is OC[C@H]1O[C@@H](OCCCc2ccccc2)[C@H](O)[C@@H](O)[C@H]1O. The fourth-order valence-electron chi connectivity index (χ4n) is 2.33. The van der Waals surface area contributed by atoms with E-state index in [1.807, 2.05) is 30.3 Å². The van der Waals surface area contributed by atoms with E-state index in [0.717, 1.165) is 12.8 Å². The van der Waals surface area contributed by atoms with E-state index in [0.29, 0.717) is 6.61 Å². The Morgan fingerprint density at radius 1 is 1.00 bits per heavy atom. The van der Waals surface area contributed by atoms with Gasteiger partial charge in [-0.25, -0.2) is 0 Å². The smallest absolute Gasteiger partial charge is 0.186 e. The molecule has 6 nitrogen and oxygen atoms in total. The minimum absolute atomic E-state index is 0.345. The number of aryl methyl sites for hydroxylation is 1. The molecular formula is C15H22O6. The first-order chi connectivity index (χ1) is 10.1. The summed E-state index contributed by atoms with van der Waals surface area (Å²) < 4.78 is 10.7. The van der Waals surface area contributed by atoms with E-state index in [1.165, 1.54) is 5.56 Å². The van der Waals surface area contributed by atoms with Crippen molar-refractivity contribution in [3.8, 4) is 0 Å². The Bertz CT molecular complexity index is 410. The number of aliphatic hydroxyl groups excluding tert-OH is 4. The minimum atomic E-state index is -1.39. The molecule has 5 atom stereocenters. The summed E-state index contributed by atoms with van der Waals surface area (Å²) in [5.41, 5.74) is 1.19. The molecular weight excluding hydrogens is 276 g/mol. The molecule has 0 saturated carbocycles. The minimum Gasteiger partial charge on any atom is -0.394 e. The number of hydrogen-bond donors (Lipinski definition) is 4. The molecule has 0 aromatic heterocycles. The lowest BCUT2D eigenvalue weighted by molar-refractivity contribution is -0.301. The third-order valence-corrected chi connectivity index (χ3v) is 3.58. The first-order valence-electron chi connectivity index (χ1n) is 7.09. The number of benzene rings is 1. The van der Waals surface area contributed by atoms with Gasteiger partial charge in [0.05, 0.1) is 13.2 Å². The average Bonchev–Trinajstić information content (AvgIpc) is 2.52. The maximum atomic E-state index is 9.80. The predicted octanol–water partition coefficient (Wildman–Crippen LogP) is -0.564. The average molecular weight is 298 g/mol. The van der Waals surface area contributed by atoms with Gasteiger partial charge in [-0.05, 0) is 18.4 Å². The molecule has 1 aliphatic heterocycles. The monoisotopic (exact) mass is 298 g/mol. The second-order valence-electron chi connectivity index (χ2n) is 5.16. The summed E-state index contributed by atoms with van der Waals surface area (Å²) >= 11 is 0.